The van der Waals surface area contributed by atoms with Crippen molar-refractivity contribution < 1.29 is 4.79 Å². The molecule has 1 aromatic rings. The van der Waals surface area contributed by atoms with Gasteiger partial charge in [-0.3, -0.25) is 4.79 Å². The summed E-state index contributed by atoms with van der Waals surface area (Å²) in [6.07, 6.45) is 10.5. The highest BCUT2D eigenvalue weighted by Gasteiger charge is 2.36. The van der Waals surface area contributed by atoms with Gasteiger partial charge in [0.25, 0.3) is 0 Å². The molecule has 1 fully saturated rings. The summed E-state index contributed by atoms with van der Waals surface area (Å²) in [5.41, 5.74) is 1.33. The molecule has 2 aliphatic heterocycles. The molecule has 0 radical (unpaired) electrons. The average molecular weight is 255 g/mol. The van der Waals surface area contributed by atoms with Crippen LogP contribution in [0.4, 0.5) is 0 Å². The Kier molecular flexibility index (Phi) is 3.67. The van der Waals surface area contributed by atoms with E-state index >= 15 is 0 Å². The molecule has 19 heavy (non-hydrogen) atoms. The molecule has 2 aliphatic rings. The van der Waals surface area contributed by atoms with Crippen LogP contribution in [0.2, 0.25) is 0 Å². The van der Waals surface area contributed by atoms with Crippen LogP contribution in [0, 0.1) is 0 Å². The summed E-state index contributed by atoms with van der Waals surface area (Å²) < 4.78 is 0. The fourth-order valence-electron chi connectivity index (χ4n) is 3.33. The van der Waals surface area contributed by atoms with Gasteiger partial charge < -0.3 is 4.90 Å². The van der Waals surface area contributed by atoms with Gasteiger partial charge in [0.2, 0.25) is 5.91 Å². The minimum absolute atomic E-state index is 0.354. The van der Waals surface area contributed by atoms with Crippen molar-refractivity contribution in [1.29, 1.82) is 0 Å². The predicted octanol–water partition coefficient (Wildman–Crippen LogP) is 3.33. The minimum Gasteiger partial charge on any atom is -0.333 e. The van der Waals surface area contributed by atoms with Crippen molar-refractivity contribution in [3.8, 4) is 0 Å². The van der Waals surface area contributed by atoms with Gasteiger partial charge in [-0.1, -0.05) is 42.5 Å². The number of fused-ring (bicyclic) bond motifs is 2. The van der Waals surface area contributed by atoms with Crippen LogP contribution in [0.5, 0.6) is 0 Å². The van der Waals surface area contributed by atoms with Crippen molar-refractivity contribution in [3.63, 3.8) is 0 Å². The number of hydrogen-bond donors (Lipinski definition) is 0. The summed E-state index contributed by atoms with van der Waals surface area (Å²) in [5, 5.41) is 0. The van der Waals surface area contributed by atoms with E-state index in [2.05, 4.69) is 41.3 Å². The minimum atomic E-state index is 0.354. The molecule has 0 aliphatic carbocycles. The first-order valence-corrected chi connectivity index (χ1v) is 7.36. The third kappa shape index (κ3) is 2.73. The van der Waals surface area contributed by atoms with Gasteiger partial charge in [0, 0.05) is 12.5 Å². The molecule has 2 nitrogen and oxygen atoms in total. The summed E-state index contributed by atoms with van der Waals surface area (Å²) in [5.74, 6) is 0.354. The van der Waals surface area contributed by atoms with Crippen molar-refractivity contribution in [2.45, 2.75) is 50.6 Å². The molecule has 0 aromatic heterocycles. The van der Waals surface area contributed by atoms with Crippen molar-refractivity contribution in [3.05, 3.63) is 48.0 Å². The first kappa shape index (κ1) is 12.5. The second kappa shape index (κ2) is 5.60. The molecule has 2 heteroatoms. The molecule has 0 spiro atoms. The molecule has 2 atom stereocenters. The number of hydrogen-bond acceptors (Lipinski definition) is 1. The lowest BCUT2D eigenvalue weighted by Gasteiger charge is -2.31. The average Bonchev–Trinajstić information content (AvgIpc) is 2.70. The molecular weight excluding hydrogens is 234 g/mol. The van der Waals surface area contributed by atoms with Crippen LogP contribution in [0.3, 0.4) is 0 Å². The van der Waals surface area contributed by atoms with Gasteiger partial charge in [0.1, 0.15) is 0 Å². The third-order valence-electron chi connectivity index (χ3n) is 4.30. The van der Waals surface area contributed by atoms with E-state index in [9.17, 15) is 4.79 Å². The lowest BCUT2D eigenvalue weighted by Crippen LogP contribution is -2.42. The first-order valence-electron chi connectivity index (χ1n) is 7.36. The van der Waals surface area contributed by atoms with Gasteiger partial charge in [0.15, 0.2) is 0 Å². The summed E-state index contributed by atoms with van der Waals surface area (Å²) in [7, 11) is 0. The fraction of sp³-hybridized carbons (Fsp3) is 0.471. The van der Waals surface area contributed by atoms with Gasteiger partial charge in [-0.25, -0.2) is 0 Å². The Morgan fingerprint density at radius 1 is 1.21 bits per heavy atom. The van der Waals surface area contributed by atoms with Crippen molar-refractivity contribution >= 4 is 5.91 Å². The van der Waals surface area contributed by atoms with Crippen LogP contribution in [0.25, 0.3) is 0 Å². The lowest BCUT2D eigenvalue weighted by atomic mass is 10.1. The summed E-state index contributed by atoms with van der Waals surface area (Å²) in [6, 6.07) is 11.3. The van der Waals surface area contributed by atoms with Crippen molar-refractivity contribution in [2.75, 3.05) is 0 Å². The van der Waals surface area contributed by atoms with E-state index in [0.29, 0.717) is 24.4 Å². The van der Waals surface area contributed by atoms with E-state index in [1.54, 1.807) is 0 Å². The topological polar surface area (TPSA) is 20.3 Å². The molecule has 3 rings (SSSR count). The number of carbonyl (C=O) groups is 1. The Labute approximate surface area is 115 Å². The van der Waals surface area contributed by atoms with Crippen molar-refractivity contribution in [1.82, 2.24) is 4.90 Å². The fourth-order valence-corrected chi connectivity index (χ4v) is 3.33. The highest BCUT2D eigenvalue weighted by molar-refractivity contribution is 5.77. The Morgan fingerprint density at radius 3 is 2.84 bits per heavy atom. The third-order valence-corrected chi connectivity index (χ3v) is 4.30. The van der Waals surface area contributed by atoms with Crippen LogP contribution in [-0.2, 0) is 11.2 Å². The molecule has 0 saturated carbocycles. The summed E-state index contributed by atoms with van der Waals surface area (Å²) in [6.45, 7) is 0. The molecular formula is C17H21NO. The van der Waals surface area contributed by atoms with E-state index in [1.165, 1.54) is 12.0 Å². The smallest absolute Gasteiger partial charge is 0.223 e. The van der Waals surface area contributed by atoms with Crippen LogP contribution in [0.15, 0.2) is 42.5 Å². The Hall–Kier alpha value is -1.57. The highest BCUT2D eigenvalue weighted by atomic mass is 16.2. The van der Waals surface area contributed by atoms with E-state index in [4.69, 9.17) is 0 Å². The molecule has 2 bridgehead atoms. The monoisotopic (exact) mass is 255 g/mol. The quantitative estimate of drug-likeness (QED) is 0.756. The SMILES string of the molecule is O=C(CCCc1ccccc1)N1[C@H]2CC=C[C@H]1CC2. The zero-order valence-electron chi connectivity index (χ0n) is 11.3. The Morgan fingerprint density at radius 2 is 2.05 bits per heavy atom. The second-order valence-electron chi connectivity index (χ2n) is 5.60. The van der Waals surface area contributed by atoms with Crippen LogP contribution < -0.4 is 0 Å². The van der Waals surface area contributed by atoms with Gasteiger partial charge in [-0.05, 0) is 37.7 Å². The second-order valence-corrected chi connectivity index (χ2v) is 5.60. The molecule has 2 heterocycles. The van der Waals surface area contributed by atoms with E-state index in [-0.39, 0.29) is 0 Å². The molecule has 1 aromatic carbocycles. The van der Waals surface area contributed by atoms with Crippen LogP contribution >= 0.6 is 0 Å². The first-order chi connectivity index (χ1) is 9.34. The molecule has 0 unspecified atom stereocenters. The summed E-state index contributed by atoms with van der Waals surface area (Å²) >= 11 is 0. The lowest BCUT2D eigenvalue weighted by molar-refractivity contribution is -0.133. The maximum atomic E-state index is 12.3. The van der Waals surface area contributed by atoms with E-state index in [1.807, 2.05) is 6.07 Å². The number of carbonyl (C=O) groups excluding carboxylic acids is 1. The molecule has 1 amide bonds. The number of rotatable bonds is 4. The van der Waals surface area contributed by atoms with Crippen LogP contribution in [-0.4, -0.2) is 22.9 Å². The normalized spacial score (nSPS) is 24.7. The Balaban J connectivity index is 1.51. The van der Waals surface area contributed by atoms with Crippen molar-refractivity contribution in [2.24, 2.45) is 0 Å². The molecule has 100 valence electrons. The van der Waals surface area contributed by atoms with Gasteiger partial charge in [0.05, 0.1) is 6.04 Å². The molecule has 1 saturated heterocycles. The predicted molar refractivity (Wildman–Crippen MR) is 76.8 cm³/mol. The van der Waals surface area contributed by atoms with Gasteiger partial charge in [-0.15, -0.1) is 0 Å². The van der Waals surface area contributed by atoms with E-state index < -0.39 is 0 Å². The standard InChI is InChI=1S/C17H21NO/c19-17(11-4-8-14-6-2-1-3-7-14)18-15-9-5-10-16(18)13-12-15/h1-3,5-7,9,15-16H,4,8,10-13H2/t15-,16-/m0/s1. The highest BCUT2D eigenvalue weighted by Crippen LogP contribution is 2.32. The zero-order chi connectivity index (χ0) is 13.1. The maximum Gasteiger partial charge on any atom is 0.223 e. The van der Waals surface area contributed by atoms with E-state index in [0.717, 1.165) is 25.7 Å². The number of benzene rings is 1. The van der Waals surface area contributed by atoms with Gasteiger partial charge in [-0.2, -0.15) is 0 Å². The van der Waals surface area contributed by atoms with Gasteiger partial charge >= 0.3 is 0 Å². The summed E-state index contributed by atoms with van der Waals surface area (Å²) in [4.78, 5) is 14.5. The zero-order valence-corrected chi connectivity index (χ0v) is 11.3. The number of amides is 1. The van der Waals surface area contributed by atoms with Crippen LogP contribution in [0.1, 0.15) is 37.7 Å². The molecule has 0 N–H and O–H groups in total. The largest absolute Gasteiger partial charge is 0.333 e. The Bertz CT molecular complexity index is 465. The number of nitrogens with zero attached hydrogens (tertiary/aromatic N) is 1. The number of aryl methyl sites for hydroxylation is 1. The maximum absolute atomic E-state index is 12.3.